The molecule has 0 saturated heterocycles. The average molecular weight is 806 g/mol. The summed E-state index contributed by atoms with van der Waals surface area (Å²) in [5.74, 6) is 1.65. The van der Waals surface area contributed by atoms with Gasteiger partial charge in [0.1, 0.15) is 11.2 Å². The molecule has 0 N–H and O–H groups in total. The first-order valence-electron chi connectivity index (χ1n) is 21.2. The van der Waals surface area contributed by atoms with Crippen LogP contribution in [0.4, 0.5) is 0 Å². The zero-order valence-electron chi connectivity index (χ0n) is 33.9. The third-order valence-electron chi connectivity index (χ3n) is 12.3. The molecular formula is C57H35N5O. The summed E-state index contributed by atoms with van der Waals surface area (Å²) in [6, 6.07) is 74.5. The Morgan fingerprint density at radius 1 is 0.286 bits per heavy atom. The molecule has 0 aliphatic rings. The number of aromatic nitrogens is 5. The van der Waals surface area contributed by atoms with Gasteiger partial charge in [0.25, 0.3) is 0 Å². The van der Waals surface area contributed by atoms with Gasteiger partial charge in [-0.15, -0.1) is 0 Å². The smallest absolute Gasteiger partial charge is 0.238 e. The second-order valence-electron chi connectivity index (χ2n) is 16.1. The molecule has 6 nitrogen and oxygen atoms in total. The maximum Gasteiger partial charge on any atom is 0.238 e. The van der Waals surface area contributed by atoms with Crippen molar-refractivity contribution in [1.29, 1.82) is 0 Å². The van der Waals surface area contributed by atoms with Crippen LogP contribution in [0.25, 0.3) is 122 Å². The first-order chi connectivity index (χ1) is 31.2. The molecule has 13 aromatic rings. The molecule has 13 rings (SSSR count). The molecule has 0 radical (unpaired) electrons. The molecule has 0 atom stereocenters. The van der Waals surface area contributed by atoms with Crippen molar-refractivity contribution in [2.24, 2.45) is 0 Å². The van der Waals surface area contributed by atoms with Crippen molar-refractivity contribution in [3.8, 4) is 56.7 Å². The highest BCUT2D eigenvalue weighted by Gasteiger charge is 2.22. The number of hydrogen-bond acceptors (Lipinski definition) is 4. The van der Waals surface area contributed by atoms with Gasteiger partial charge >= 0.3 is 0 Å². The van der Waals surface area contributed by atoms with Gasteiger partial charge < -0.3 is 8.98 Å². The van der Waals surface area contributed by atoms with E-state index in [1.165, 1.54) is 5.39 Å². The summed E-state index contributed by atoms with van der Waals surface area (Å²) in [6.45, 7) is 0. The molecule has 4 aromatic heterocycles. The molecule has 63 heavy (non-hydrogen) atoms. The summed E-state index contributed by atoms with van der Waals surface area (Å²) < 4.78 is 11.0. The number of benzene rings is 9. The van der Waals surface area contributed by atoms with Crippen LogP contribution in [-0.4, -0.2) is 24.1 Å². The number of rotatable bonds is 6. The van der Waals surface area contributed by atoms with E-state index in [1.54, 1.807) is 0 Å². The van der Waals surface area contributed by atoms with Gasteiger partial charge in [-0.1, -0.05) is 140 Å². The van der Waals surface area contributed by atoms with Crippen LogP contribution >= 0.6 is 0 Å². The Labute approximate surface area is 361 Å². The van der Waals surface area contributed by atoms with E-state index in [0.717, 1.165) is 99.2 Å². The minimum absolute atomic E-state index is 0.531. The predicted molar refractivity (Wildman–Crippen MR) is 258 cm³/mol. The van der Waals surface area contributed by atoms with E-state index in [4.69, 9.17) is 19.4 Å². The van der Waals surface area contributed by atoms with Crippen molar-refractivity contribution in [1.82, 2.24) is 24.1 Å². The fourth-order valence-corrected chi connectivity index (χ4v) is 9.44. The Kier molecular flexibility index (Phi) is 7.80. The van der Waals surface area contributed by atoms with Crippen molar-refractivity contribution in [2.45, 2.75) is 0 Å². The lowest BCUT2D eigenvalue weighted by Crippen LogP contribution is -2.06. The van der Waals surface area contributed by atoms with Crippen LogP contribution in [-0.2, 0) is 0 Å². The molecule has 4 heterocycles. The van der Waals surface area contributed by atoms with E-state index >= 15 is 0 Å². The Morgan fingerprint density at radius 2 is 0.778 bits per heavy atom. The molecule has 0 amide bonds. The predicted octanol–water partition coefficient (Wildman–Crippen LogP) is 14.6. The Morgan fingerprint density at radius 3 is 1.43 bits per heavy atom. The topological polar surface area (TPSA) is 61.7 Å². The van der Waals surface area contributed by atoms with Gasteiger partial charge in [-0.25, -0.2) is 4.98 Å². The van der Waals surface area contributed by atoms with Crippen LogP contribution in [0.5, 0.6) is 0 Å². The second-order valence-corrected chi connectivity index (χ2v) is 16.1. The lowest BCUT2D eigenvalue weighted by atomic mass is 9.96. The van der Waals surface area contributed by atoms with Crippen molar-refractivity contribution in [2.75, 3.05) is 0 Å². The Hall–Kier alpha value is -8.61. The quantitative estimate of drug-likeness (QED) is 0.168. The summed E-state index contributed by atoms with van der Waals surface area (Å²) in [7, 11) is 0. The van der Waals surface area contributed by atoms with E-state index in [0.29, 0.717) is 17.6 Å². The highest BCUT2D eigenvalue weighted by atomic mass is 16.3. The van der Waals surface area contributed by atoms with Crippen LogP contribution in [0.2, 0.25) is 0 Å². The van der Waals surface area contributed by atoms with Crippen LogP contribution in [0, 0.1) is 0 Å². The standard InChI is InChI=1S/C57H35N5O/c1-4-16-36(17-5-1)39-30-40(37-18-6-2-7-19-37)32-41(31-39)56-58-55(38-28-29-46-45-24-12-15-27-53(45)63-54(46)33-38)59-57(60-56)62-50-26-14-11-23-44(50)48-34-51-47(35-52(48)62)43-22-10-13-25-49(43)61(51)42-20-8-3-9-21-42/h1-35H. The van der Waals surface area contributed by atoms with E-state index in [-0.39, 0.29) is 0 Å². The number of hydrogen-bond donors (Lipinski definition) is 0. The van der Waals surface area contributed by atoms with Crippen molar-refractivity contribution >= 4 is 65.6 Å². The minimum Gasteiger partial charge on any atom is -0.456 e. The molecule has 0 spiro atoms. The summed E-state index contributed by atoms with van der Waals surface area (Å²) in [6.07, 6.45) is 0. The molecule has 0 fully saturated rings. The lowest BCUT2D eigenvalue weighted by Gasteiger charge is -2.13. The van der Waals surface area contributed by atoms with Crippen LogP contribution < -0.4 is 0 Å². The van der Waals surface area contributed by atoms with Crippen LogP contribution in [0.3, 0.4) is 0 Å². The molecule has 9 aromatic carbocycles. The van der Waals surface area contributed by atoms with E-state index in [2.05, 4.69) is 191 Å². The van der Waals surface area contributed by atoms with E-state index < -0.39 is 0 Å². The van der Waals surface area contributed by atoms with Crippen molar-refractivity contribution in [3.63, 3.8) is 0 Å². The van der Waals surface area contributed by atoms with Gasteiger partial charge in [0, 0.05) is 49.1 Å². The molecule has 0 aliphatic carbocycles. The summed E-state index contributed by atoms with van der Waals surface area (Å²) in [5.41, 5.74) is 13.2. The maximum absolute atomic E-state index is 6.41. The highest BCUT2D eigenvalue weighted by molar-refractivity contribution is 6.19. The Balaban J connectivity index is 1.11. The fraction of sp³-hybridized carbons (Fsp3) is 0. The second kappa shape index (κ2) is 14.0. The van der Waals surface area contributed by atoms with Gasteiger partial charge in [-0.05, 0) is 95.1 Å². The number of nitrogens with zero attached hydrogens (tertiary/aromatic N) is 5. The zero-order valence-corrected chi connectivity index (χ0v) is 33.9. The van der Waals surface area contributed by atoms with Crippen LogP contribution in [0.1, 0.15) is 0 Å². The minimum atomic E-state index is 0.531. The van der Waals surface area contributed by atoms with Gasteiger partial charge in [-0.2, -0.15) is 9.97 Å². The summed E-state index contributed by atoms with van der Waals surface area (Å²) in [4.78, 5) is 16.2. The molecule has 294 valence electrons. The molecule has 0 aliphatic heterocycles. The molecular weight excluding hydrogens is 771 g/mol. The first-order valence-corrected chi connectivity index (χ1v) is 21.2. The van der Waals surface area contributed by atoms with Crippen molar-refractivity contribution < 1.29 is 4.42 Å². The Bertz CT molecular complexity index is 3850. The van der Waals surface area contributed by atoms with E-state index in [1.807, 2.05) is 30.3 Å². The van der Waals surface area contributed by atoms with Crippen LogP contribution in [0.15, 0.2) is 217 Å². The van der Waals surface area contributed by atoms with E-state index in [9.17, 15) is 0 Å². The lowest BCUT2D eigenvalue weighted by molar-refractivity contribution is 0.669. The van der Waals surface area contributed by atoms with Gasteiger partial charge in [0.2, 0.25) is 5.95 Å². The SMILES string of the molecule is c1ccc(-c2cc(-c3ccccc3)cc(-c3nc(-c4ccc5c(c4)oc4ccccc45)nc(-n4c5ccccc5c5cc6c(cc54)c4ccccc4n6-c4ccccc4)n3)c2)cc1. The molecule has 0 saturated carbocycles. The third kappa shape index (κ3) is 5.69. The first kappa shape index (κ1) is 35.2. The maximum atomic E-state index is 6.41. The number of furan rings is 1. The van der Waals surface area contributed by atoms with Crippen molar-refractivity contribution in [3.05, 3.63) is 212 Å². The number of fused-ring (bicyclic) bond motifs is 9. The average Bonchev–Trinajstić information content (AvgIpc) is 4.01. The third-order valence-corrected chi connectivity index (χ3v) is 12.3. The highest BCUT2D eigenvalue weighted by Crippen LogP contribution is 2.41. The normalized spacial score (nSPS) is 11.8. The summed E-state index contributed by atoms with van der Waals surface area (Å²) >= 11 is 0. The largest absolute Gasteiger partial charge is 0.456 e. The van der Waals surface area contributed by atoms with Gasteiger partial charge in [-0.3, -0.25) is 4.57 Å². The monoisotopic (exact) mass is 805 g/mol. The molecule has 0 unspecified atom stereocenters. The van der Waals surface area contributed by atoms with Gasteiger partial charge in [0.05, 0.1) is 22.1 Å². The van der Waals surface area contributed by atoms with Gasteiger partial charge in [0.15, 0.2) is 11.6 Å². The molecule has 6 heteroatoms. The zero-order chi connectivity index (χ0) is 41.4. The number of para-hydroxylation sites is 4. The summed E-state index contributed by atoms with van der Waals surface area (Å²) in [5, 5.41) is 6.68. The fourth-order valence-electron chi connectivity index (χ4n) is 9.44. The molecule has 0 bridgehead atoms.